The first-order chi connectivity index (χ1) is 5.15. The Balaban J connectivity index is 2.50. The molecule has 1 nitrogen and oxygen atoms in total. The predicted octanol–water partition coefficient (Wildman–Crippen LogP) is 2.41. The fraction of sp³-hybridized carbons (Fsp3) is 1.00. The molecule has 3 unspecified atom stereocenters. The second-order valence-electron chi connectivity index (χ2n) is 4.31. The molecule has 1 rings (SSSR count). The van der Waals surface area contributed by atoms with Gasteiger partial charge >= 0.3 is 0 Å². The molecule has 0 radical (unpaired) electrons. The van der Waals surface area contributed by atoms with Crippen molar-refractivity contribution in [2.24, 2.45) is 23.5 Å². The minimum Gasteiger partial charge on any atom is -0.328 e. The Bertz CT molecular complexity index is 120. The molecule has 66 valence electrons. The number of rotatable bonds is 2. The van der Waals surface area contributed by atoms with Crippen LogP contribution < -0.4 is 5.73 Å². The van der Waals surface area contributed by atoms with Crippen molar-refractivity contribution >= 4 is 0 Å². The van der Waals surface area contributed by atoms with Crippen LogP contribution in [-0.4, -0.2) is 6.04 Å². The van der Waals surface area contributed by atoms with Crippen molar-refractivity contribution in [2.45, 2.75) is 46.1 Å². The van der Waals surface area contributed by atoms with Crippen molar-refractivity contribution in [1.82, 2.24) is 0 Å². The lowest BCUT2D eigenvalue weighted by Gasteiger charge is -2.21. The maximum Gasteiger partial charge on any atom is 0.00444 e. The summed E-state index contributed by atoms with van der Waals surface area (Å²) in [5.74, 6) is 2.63. The molecule has 0 aromatic carbocycles. The lowest BCUT2D eigenvalue weighted by molar-refractivity contribution is 0.288. The van der Waals surface area contributed by atoms with Gasteiger partial charge in [-0.2, -0.15) is 0 Å². The minimum absolute atomic E-state index is 0.493. The monoisotopic (exact) mass is 155 g/mol. The van der Waals surface area contributed by atoms with Crippen LogP contribution in [0, 0.1) is 17.8 Å². The molecule has 0 saturated heterocycles. The molecule has 1 aliphatic carbocycles. The molecule has 0 heterocycles. The highest BCUT2D eigenvalue weighted by atomic mass is 14.7. The molecule has 0 spiro atoms. The summed E-state index contributed by atoms with van der Waals surface area (Å²) in [4.78, 5) is 0. The van der Waals surface area contributed by atoms with E-state index in [9.17, 15) is 0 Å². The van der Waals surface area contributed by atoms with E-state index in [1.165, 1.54) is 19.3 Å². The maximum atomic E-state index is 5.93. The topological polar surface area (TPSA) is 26.0 Å². The molecule has 3 atom stereocenters. The Labute approximate surface area is 70.4 Å². The minimum atomic E-state index is 0.493. The van der Waals surface area contributed by atoms with Gasteiger partial charge in [-0.05, 0) is 30.6 Å². The molecule has 0 amide bonds. The molecule has 11 heavy (non-hydrogen) atoms. The van der Waals surface area contributed by atoms with Gasteiger partial charge < -0.3 is 5.73 Å². The zero-order chi connectivity index (χ0) is 8.43. The normalized spacial score (nSPS) is 38.5. The Hall–Kier alpha value is -0.0400. The summed E-state index contributed by atoms with van der Waals surface area (Å²) in [5, 5.41) is 0. The van der Waals surface area contributed by atoms with Gasteiger partial charge in [0, 0.05) is 6.04 Å². The lowest BCUT2D eigenvalue weighted by Crippen LogP contribution is -2.16. The summed E-state index contributed by atoms with van der Waals surface area (Å²) in [6, 6.07) is 0.493. The third-order valence-electron chi connectivity index (χ3n) is 3.17. The highest BCUT2D eigenvalue weighted by Crippen LogP contribution is 2.37. The van der Waals surface area contributed by atoms with Crippen LogP contribution >= 0.6 is 0 Å². The summed E-state index contributed by atoms with van der Waals surface area (Å²) < 4.78 is 0. The van der Waals surface area contributed by atoms with Crippen LogP contribution in [-0.2, 0) is 0 Å². The Morgan fingerprint density at radius 2 is 2.00 bits per heavy atom. The van der Waals surface area contributed by atoms with Crippen molar-refractivity contribution in [3.8, 4) is 0 Å². The van der Waals surface area contributed by atoms with E-state index in [0.717, 1.165) is 17.8 Å². The van der Waals surface area contributed by atoms with Crippen LogP contribution in [0.5, 0.6) is 0 Å². The molecule has 1 fully saturated rings. The summed E-state index contributed by atoms with van der Waals surface area (Å²) in [7, 11) is 0. The number of hydrogen-bond acceptors (Lipinski definition) is 1. The maximum absolute atomic E-state index is 5.93. The average molecular weight is 155 g/mol. The second kappa shape index (κ2) is 3.57. The fourth-order valence-electron chi connectivity index (χ4n) is 2.49. The van der Waals surface area contributed by atoms with E-state index < -0.39 is 0 Å². The van der Waals surface area contributed by atoms with Gasteiger partial charge in [0.05, 0.1) is 0 Å². The second-order valence-corrected chi connectivity index (χ2v) is 4.31. The molecule has 0 aromatic heterocycles. The van der Waals surface area contributed by atoms with Crippen LogP contribution in [0.15, 0.2) is 0 Å². The highest BCUT2D eigenvalue weighted by molar-refractivity contribution is 4.86. The van der Waals surface area contributed by atoms with E-state index in [4.69, 9.17) is 5.73 Å². The molecule has 1 saturated carbocycles. The molecule has 0 aliphatic heterocycles. The van der Waals surface area contributed by atoms with E-state index in [2.05, 4.69) is 20.8 Å². The molecule has 1 heteroatoms. The van der Waals surface area contributed by atoms with E-state index >= 15 is 0 Å². The zero-order valence-corrected chi connectivity index (χ0v) is 8.01. The van der Waals surface area contributed by atoms with Crippen molar-refractivity contribution in [3.05, 3.63) is 0 Å². The lowest BCUT2D eigenvalue weighted by atomic mass is 9.85. The first kappa shape index (κ1) is 9.05. The van der Waals surface area contributed by atoms with E-state index in [-0.39, 0.29) is 0 Å². The van der Waals surface area contributed by atoms with Crippen molar-refractivity contribution in [3.63, 3.8) is 0 Å². The van der Waals surface area contributed by atoms with Crippen LogP contribution in [0.4, 0.5) is 0 Å². The average Bonchev–Trinajstić information content (AvgIpc) is 2.30. The molecule has 0 aromatic rings. The Morgan fingerprint density at radius 1 is 1.36 bits per heavy atom. The first-order valence-corrected chi connectivity index (χ1v) is 4.90. The van der Waals surface area contributed by atoms with Crippen LogP contribution in [0.3, 0.4) is 0 Å². The van der Waals surface area contributed by atoms with Gasteiger partial charge in [0.2, 0.25) is 0 Å². The van der Waals surface area contributed by atoms with Gasteiger partial charge in [0.15, 0.2) is 0 Å². The number of hydrogen-bond donors (Lipinski definition) is 1. The van der Waals surface area contributed by atoms with Crippen LogP contribution in [0.1, 0.15) is 40.0 Å². The molecule has 0 bridgehead atoms. The largest absolute Gasteiger partial charge is 0.328 e. The van der Waals surface area contributed by atoms with Crippen molar-refractivity contribution in [2.75, 3.05) is 0 Å². The van der Waals surface area contributed by atoms with Gasteiger partial charge in [0.1, 0.15) is 0 Å². The van der Waals surface area contributed by atoms with E-state index in [1.807, 2.05) is 0 Å². The predicted molar refractivity (Wildman–Crippen MR) is 49.3 cm³/mol. The Kier molecular flexibility index (Phi) is 2.94. The van der Waals surface area contributed by atoms with Crippen LogP contribution in [0.25, 0.3) is 0 Å². The summed E-state index contributed by atoms with van der Waals surface area (Å²) in [6.07, 6.45) is 3.84. The van der Waals surface area contributed by atoms with Gasteiger partial charge in [-0.15, -0.1) is 0 Å². The summed E-state index contributed by atoms with van der Waals surface area (Å²) in [6.45, 7) is 6.94. The zero-order valence-electron chi connectivity index (χ0n) is 8.01. The molecule has 2 N–H and O–H groups in total. The summed E-state index contributed by atoms with van der Waals surface area (Å²) in [5.41, 5.74) is 5.93. The standard InChI is InChI=1S/C10H21N/c1-4-8-5-9(11)6-10(8)7(2)3/h7-10H,4-6,11H2,1-3H3. The van der Waals surface area contributed by atoms with Gasteiger partial charge in [-0.3, -0.25) is 0 Å². The first-order valence-electron chi connectivity index (χ1n) is 4.90. The fourth-order valence-corrected chi connectivity index (χ4v) is 2.49. The van der Waals surface area contributed by atoms with Crippen LogP contribution in [0.2, 0.25) is 0 Å². The Morgan fingerprint density at radius 3 is 2.36 bits per heavy atom. The molecular formula is C10H21N. The quantitative estimate of drug-likeness (QED) is 0.651. The van der Waals surface area contributed by atoms with Crippen molar-refractivity contribution in [1.29, 1.82) is 0 Å². The SMILES string of the molecule is CCC1CC(N)CC1C(C)C. The van der Waals surface area contributed by atoms with Crippen molar-refractivity contribution < 1.29 is 0 Å². The third-order valence-corrected chi connectivity index (χ3v) is 3.17. The molecule has 1 aliphatic rings. The molecular weight excluding hydrogens is 134 g/mol. The third kappa shape index (κ3) is 1.96. The van der Waals surface area contributed by atoms with Gasteiger partial charge in [0.25, 0.3) is 0 Å². The van der Waals surface area contributed by atoms with E-state index in [1.54, 1.807) is 0 Å². The highest BCUT2D eigenvalue weighted by Gasteiger charge is 2.32. The van der Waals surface area contributed by atoms with Gasteiger partial charge in [-0.1, -0.05) is 27.2 Å². The van der Waals surface area contributed by atoms with Gasteiger partial charge in [-0.25, -0.2) is 0 Å². The van der Waals surface area contributed by atoms with E-state index in [0.29, 0.717) is 6.04 Å². The number of nitrogens with two attached hydrogens (primary N) is 1. The summed E-state index contributed by atoms with van der Waals surface area (Å²) >= 11 is 0. The smallest absolute Gasteiger partial charge is 0.00444 e.